The van der Waals surface area contributed by atoms with Crippen LogP contribution >= 0.6 is 0 Å². The molecule has 0 saturated carbocycles. The minimum Gasteiger partial charge on any atom is -0.481 e. The van der Waals surface area contributed by atoms with Gasteiger partial charge in [0.15, 0.2) is 0 Å². The summed E-state index contributed by atoms with van der Waals surface area (Å²) in [5.74, 6) is -4.05. The van der Waals surface area contributed by atoms with Gasteiger partial charge < -0.3 is 10.2 Å². The fraction of sp³-hybridized carbons (Fsp3) is 0.176. The summed E-state index contributed by atoms with van der Waals surface area (Å²) < 4.78 is 0. The number of nitrogens with zero attached hydrogens (tertiary/aromatic N) is 1. The van der Waals surface area contributed by atoms with Gasteiger partial charge in [-0.1, -0.05) is 24.3 Å². The van der Waals surface area contributed by atoms with E-state index in [9.17, 15) is 24.3 Å². The molecular weight excluding hydrogens is 314 g/mol. The van der Waals surface area contributed by atoms with Crippen LogP contribution in [0.1, 0.15) is 33.6 Å². The Morgan fingerprint density at radius 3 is 1.96 bits per heavy atom. The number of carboxylic acids is 2. The lowest BCUT2D eigenvalue weighted by Gasteiger charge is -2.31. The molecule has 0 aliphatic carbocycles. The second-order valence-electron chi connectivity index (χ2n) is 5.48. The van der Waals surface area contributed by atoms with Crippen molar-refractivity contribution in [1.29, 1.82) is 0 Å². The molecule has 0 bridgehead atoms. The van der Waals surface area contributed by atoms with Crippen LogP contribution in [0, 0.1) is 0 Å². The van der Waals surface area contributed by atoms with Crippen molar-refractivity contribution in [2.75, 3.05) is 0 Å². The van der Waals surface area contributed by atoms with Crippen molar-refractivity contribution in [3.8, 4) is 0 Å². The van der Waals surface area contributed by atoms with Gasteiger partial charge >= 0.3 is 11.9 Å². The van der Waals surface area contributed by atoms with Crippen molar-refractivity contribution < 1.29 is 29.4 Å². The van der Waals surface area contributed by atoms with Gasteiger partial charge in [0.25, 0.3) is 11.8 Å². The minimum atomic E-state index is -1.52. The Morgan fingerprint density at radius 2 is 1.50 bits per heavy atom. The maximum absolute atomic E-state index is 12.7. The van der Waals surface area contributed by atoms with Gasteiger partial charge in [-0.05, 0) is 23.9 Å². The van der Waals surface area contributed by atoms with Gasteiger partial charge in [0.05, 0.1) is 0 Å². The Hall–Kier alpha value is -3.22. The average molecular weight is 327 g/mol. The summed E-state index contributed by atoms with van der Waals surface area (Å²) in [6, 6.07) is 8.37. The molecule has 1 atom stereocenters. The van der Waals surface area contributed by atoms with E-state index in [1.165, 1.54) is 12.1 Å². The Bertz CT molecular complexity index is 837. The third-order valence-corrected chi connectivity index (χ3v) is 4.03. The van der Waals surface area contributed by atoms with E-state index in [0.717, 1.165) is 0 Å². The lowest BCUT2D eigenvalue weighted by atomic mass is 9.92. The molecule has 1 aliphatic heterocycles. The molecule has 7 heteroatoms. The monoisotopic (exact) mass is 327 g/mol. The number of imide groups is 1. The van der Waals surface area contributed by atoms with Crippen molar-refractivity contribution in [3.05, 3.63) is 47.5 Å². The first-order valence-electron chi connectivity index (χ1n) is 7.26. The number of rotatable bonds is 5. The first kappa shape index (κ1) is 15.7. The predicted octanol–water partition coefficient (Wildman–Crippen LogP) is 1.75. The maximum Gasteiger partial charge on any atom is 0.326 e. The second kappa shape index (κ2) is 5.77. The first-order chi connectivity index (χ1) is 11.4. The van der Waals surface area contributed by atoms with Crippen LogP contribution in [0.25, 0.3) is 10.8 Å². The molecule has 0 saturated heterocycles. The molecule has 0 spiro atoms. The molecule has 0 fully saturated rings. The highest BCUT2D eigenvalue weighted by atomic mass is 16.4. The molecule has 2 aromatic carbocycles. The van der Waals surface area contributed by atoms with Gasteiger partial charge in [-0.3, -0.25) is 19.3 Å². The fourth-order valence-electron chi connectivity index (χ4n) is 2.96. The lowest BCUT2D eigenvalue weighted by molar-refractivity contribution is -0.142. The summed E-state index contributed by atoms with van der Waals surface area (Å²) in [7, 11) is 0. The van der Waals surface area contributed by atoms with E-state index in [4.69, 9.17) is 5.11 Å². The van der Waals surface area contributed by atoms with Crippen molar-refractivity contribution in [2.24, 2.45) is 0 Å². The van der Waals surface area contributed by atoms with Crippen molar-refractivity contribution in [2.45, 2.75) is 18.9 Å². The summed E-state index contributed by atoms with van der Waals surface area (Å²) in [4.78, 5) is 48.3. The van der Waals surface area contributed by atoms with E-state index in [1.54, 1.807) is 24.3 Å². The van der Waals surface area contributed by atoms with Crippen LogP contribution in [-0.4, -0.2) is 44.9 Å². The molecule has 24 heavy (non-hydrogen) atoms. The Balaban J connectivity index is 2.11. The zero-order valence-corrected chi connectivity index (χ0v) is 12.4. The summed E-state index contributed by atoms with van der Waals surface area (Å²) in [6.07, 6.45) is -0.805. The number of hydrogen-bond donors (Lipinski definition) is 2. The number of carboxylic acid groups (broad SMARTS) is 2. The standard InChI is InChI=1S/C17H13NO6/c19-13(20)8-7-12(17(23)24)18-15(21)10-5-1-3-9-4-2-6-11(14(9)10)16(18)22/h1-6,12H,7-8H2,(H,19,20)(H,23,24)/t12-/m0/s1. The highest BCUT2D eigenvalue weighted by molar-refractivity contribution is 6.26. The number of carbonyl (C=O) groups is 4. The minimum absolute atomic E-state index is 0.240. The zero-order chi connectivity index (χ0) is 17.4. The lowest BCUT2D eigenvalue weighted by Crippen LogP contribution is -2.50. The van der Waals surface area contributed by atoms with E-state index in [2.05, 4.69) is 0 Å². The fourth-order valence-corrected chi connectivity index (χ4v) is 2.96. The molecule has 7 nitrogen and oxygen atoms in total. The molecule has 0 unspecified atom stereocenters. The Kier molecular flexibility index (Phi) is 3.76. The van der Waals surface area contributed by atoms with Gasteiger partial charge in [-0.2, -0.15) is 0 Å². The number of benzene rings is 2. The smallest absolute Gasteiger partial charge is 0.326 e. The number of amides is 2. The van der Waals surface area contributed by atoms with Crippen LogP contribution in [0.3, 0.4) is 0 Å². The van der Waals surface area contributed by atoms with Crippen molar-refractivity contribution in [1.82, 2.24) is 4.90 Å². The van der Waals surface area contributed by atoms with E-state index < -0.39 is 36.2 Å². The topological polar surface area (TPSA) is 112 Å². The Labute approximate surface area is 136 Å². The molecule has 2 aromatic rings. The van der Waals surface area contributed by atoms with Crippen LogP contribution < -0.4 is 0 Å². The van der Waals surface area contributed by atoms with E-state index in [0.29, 0.717) is 15.7 Å². The van der Waals surface area contributed by atoms with Gasteiger partial charge in [-0.25, -0.2) is 4.79 Å². The van der Waals surface area contributed by atoms with E-state index in [-0.39, 0.29) is 17.5 Å². The molecule has 2 amide bonds. The highest BCUT2D eigenvalue weighted by Gasteiger charge is 2.40. The third kappa shape index (κ3) is 2.40. The summed E-state index contributed by atoms with van der Waals surface area (Å²) in [5.41, 5.74) is 0.480. The molecule has 0 aromatic heterocycles. The van der Waals surface area contributed by atoms with Gasteiger partial charge in [0, 0.05) is 22.9 Å². The first-order valence-corrected chi connectivity index (χ1v) is 7.26. The van der Waals surface area contributed by atoms with Crippen LogP contribution in [0.15, 0.2) is 36.4 Å². The normalized spacial score (nSPS) is 14.8. The van der Waals surface area contributed by atoms with Crippen LogP contribution in [0.2, 0.25) is 0 Å². The molecule has 122 valence electrons. The number of carbonyl (C=O) groups excluding carboxylic acids is 2. The summed E-state index contributed by atoms with van der Waals surface area (Å²) in [5, 5.41) is 19.4. The van der Waals surface area contributed by atoms with E-state index >= 15 is 0 Å². The number of hydrogen-bond acceptors (Lipinski definition) is 4. The molecule has 1 heterocycles. The van der Waals surface area contributed by atoms with Crippen molar-refractivity contribution >= 4 is 34.5 Å². The maximum atomic E-state index is 12.7. The second-order valence-corrected chi connectivity index (χ2v) is 5.48. The summed E-state index contributed by atoms with van der Waals surface area (Å²) in [6.45, 7) is 0. The van der Waals surface area contributed by atoms with Crippen molar-refractivity contribution in [3.63, 3.8) is 0 Å². The molecular formula is C17H13NO6. The molecule has 2 N–H and O–H groups in total. The van der Waals surface area contributed by atoms with Crippen LogP contribution in [0.4, 0.5) is 0 Å². The Morgan fingerprint density at radius 1 is 0.958 bits per heavy atom. The van der Waals surface area contributed by atoms with Gasteiger partial charge in [-0.15, -0.1) is 0 Å². The molecule has 3 rings (SSSR count). The SMILES string of the molecule is O=C(O)CC[C@@H](C(=O)O)N1C(=O)c2cccc3cccc(c23)C1=O. The average Bonchev–Trinajstić information content (AvgIpc) is 2.54. The third-order valence-electron chi connectivity index (χ3n) is 4.03. The van der Waals surface area contributed by atoms with Crippen LogP contribution in [-0.2, 0) is 9.59 Å². The highest BCUT2D eigenvalue weighted by Crippen LogP contribution is 2.31. The van der Waals surface area contributed by atoms with Gasteiger partial charge in [0.2, 0.25) is 0 Å². The molecule has 0 radical (unpaired) electrons. The van der Waals surface area contributed by atoms with E-state index in [1.807, 2.05) is 0 Å². The predicted molar refractivity (Wildman–Crippen MR) is 82.7 cm³/mol. The largest absolute Gasteiger partial charge is 0.481 e. The zero-order valence-electron chi connectivity index (χ0n) is 12.4. The molecule has 1 aliphatic rings. The quantitative estimate of drug-likeness (QED) is 0.809. The summed E-state index contributed by atoms with van der Waals surface area (Å²) >= 11 is 0. The number of aliphatic carboxylic acids is 2. The van der Waals surface area contributed by atoms with Crippen LogP contribution in [0.5, 0.6) is 0 Å². The van der Waals surface area contributed by atoms with Gasteiger partial charge in [0.1, 0.15) is 6.04 Å².